The van der Waals surface area contributed by atoms with E-state index in [9.17, 15) is 9.70 Å². The number of carbonyl (C=O) groups is 1. The van der Waals surface area contributed by atoms with Crippen LogP contribution in [0.2, 0.25) is 0 Å². The normalized spacial score (nSPS) is 9.21. The molecule has 0 aliphatic rings. The number of rotatable bonds is 3. The molecule has 0 atom stereocenters. The minimum atomic E-state index is -0.515. The van der Waals surface area contributed by atoms with Gasteiger partial charge >= 0.3 is 6.09 Å². The van der Waals surface area contributed by atoms with Crippen LogP contribution in [-0.4, -0.2) is 12.7 Å². The van der Waals surface area contributed by atoms with Crippen LogP contribution in [0.25, 0.3) is 0 Å². The predicted octanol–water partition coefficient (Wildman–Crippen LogP) is 2.65. The molecule has 0 heterocycles. The lowest BCUT2D eigenvalue weighted by Gasteiger charge is -2.04. The SMILES string of the molecule is CCOC(=O)Nc1ccc(N=O)cc1. The zero-order valence-electron chi connectivity index (χ0n) is 7.69. The number of benzene rings is 1. The van der Waals surface area contributed by atoms with E-state index in [2.05, 4.69) is 15.2 Å². The first-order valence-corrected chi connectivity index (χ1v) is 4.13. The Balaban J connectivity index is 2.59. The second kappa shape index (κ2) is 4.96. The number of nitrogens with zero attached hydrogens (tertiary/aromatic N) is 1. The molecule has 5 heteroatoms. The van der Waals surface area contributed by atoms with Crippen molar-refractivity contribution in [2.75, 3.05) is 11.9 Å². The summed E-state index contributed by atoms with van der Waals surface area (Å²) in [4.78, 5) is 21.0. The molecule has 0 aliphatic heterocycles. The highest BCUT2D eigenvalue weighted by atomic mass is 16.5. The van der Waals surface area contributed by atoms with E-state index >= 15 is 0 Å². The predicted molar refractivity (Wildman–Crippen MR) is 52.5 cm³/mol. The first-order valence-electron chi connectivity index (χ1n) is 4.13. The van der Waals surface area contributed by atoms with Crippen molar-refractivity contribution in [3.05, 3.63) is 29.2 Å². The molecule has 1 amide bonds. The molecule has 0 saturated carbocycles. The topological polar surface area (TPSA) is 67.8 Å². The van der Waals surface area contributed by atoms with Crippen molar-refractivity contribution in [1.29, 1.82) is 0 Å². The van der Waals surface area contributed by atoms with E-state index in [1.165, 1.54) is 12.1 Å². The van der Waals surface area contributed by atoms with Crippen LogP contribution in [0.15, 0.2) is 29.4 Å². The molecule has 0 saturated heterocycles. The van der Waals surface area contributed by atoms with Crippen molar-refractivity contribution in [2.45, 2.75) is 6.92 Å². The molecule has 0 bridgehead atoms. The van der Waals surface area contributed by atoms with Crippen LogP contribution in [0.3, 0.4) is 0 Å². The number of nitrogens with one attached hydrogen (secondary N) is 1. The van der Waals surface area contributed by atoms with Crippen LogP contribution >= 0.6 is 0 Å². The molecule has 0 aliphatic carbocycles. The smallest absolute Gasteiger partial charge is 0.411 e. The van der Waals surface area contributed by atoms with Gasteiger partial charge in [-0.15, -0.1) is 4.91 Å². The van der Waals surface area contributed by atoms with E-state index in [4.69, 9.17) is 0 Å². The maximum atomic E-state index is 10.9. The van der Waals surface area contributed by atoms with Crippen LogP contribution in [0, 0.1) is 4.91 Å². The van der Waals surface area contributed by atoms with E-state index in [0.717, 1.165) is 0 Å². The van der Waals surface area contributed by atoms with E-state index in [-0.39, 0.29) is 0 Å². The average molecular weight is 194 g/mol. The van der Waals surface area contributed by atoms with Gasteiger partial charge in [0.2, 0.25) is 0 Å². The Bertz CT molecular complexity index is 321. The van der Waals surface area contributed by atoms with Crippen molar-refractivity contribution in [1.82, 2.24) is 0 Å². The molecule has 5 nitrogen and oxygen atoms in total. The van der Waals surface area contributed by atoms with E-state index in [0.29, 0.717) is 18.0 Å². The van der Waals surface area contributed by atoms with Gasteiger partial charge < -0.3 is 4.74 Å². The molecular weight excluding hydrogens is 184 g/mol. The number of ether oxygens (including phenoxy) is 1. The Labute approximate surface area is 81.0 Å². The van der Waals surface area contributed by atoms with E-state index in [1.807, 2.05) is 0 Å². The molecule has 0 aromatic heterocycles. The second-order valence-electron chi connectivity index (χ2n) is 2.48. The lowest BCUT2D eigenvalue weighted by molar-refractivity contribution is 0.168. The van der Waals surface area contributed by atoms with Gasteiger partial charge in [-0.3, -0.25) is 5.32 Å². The number of hydrogen-bond donors (Lipinski definition) is 1. The van der Waals surface area contributed by atoms with Crippen molar-refractivity contribution >= 4 is 17.5 Å². The van der Waals surface area contributed by atoms with Crippen LogP contribution in [0.1, 0.15) is 6.92 Å². The summed E-state index contributed by atoms with van der Waals surface area (Å²) in [6, 6.07) is 6.17. The minimum Gasteiger partial charge on any atom is -0.450 e. The molecule has 1 aromatic carbocycles. The Hall–Kier alpha value is -1.91. The molecular formula is C9H10N2O3. The molecule has 0 spiro atoms. The average Bonchev–Trinajstić information content (AvgIpc) is 2.19. The molecule has 74 valence electrons. The third kappa shape index (κ3) is 2.85. The van der Waals surface area contributed by atoms with Crippen LogP contribution in [0.4, 0.5) is 16.2 Å². The number of hydrogen-bond acceptors (Lipinski definition) is 4. The Kier molecular flexibility index (Phi) is 3.60. The van der Waals surface area contributed by atoms with Gasteiger partial charge in [0.05, 0.1) is 6.61 Å². The lowest BCUT2D eigenvalue weighted by atomic mass is 10.3. The largest absolute Gasteiger partial charge is 0.450 e. The van der Waals surface area contributed by atoms with Gasteiger partial charge in [0.15, 0.2) is 0 Å². The molecule has 1 N–H and O–H groups in total. The zero-order chi connectivity index (χ0) is 10.4. The highest BCUT2D eigenvalue weighted by Gasteiger charge is 2.00. The second-order valence-corrected chi connectivity index (χ2v) is 2.48. The van der Waals surface area contributed by atoms with Gasteiger partial charge in [-0.05, 0) is 36.4 Å². The third-order valence-corrected chi connectivity index (χ3v) is 1.49. The van der Waals surface area contributed by atoms with Gasteiger partial charge in [-0.2, -0.15) is 0 Å². The standard InChI is InChI=1S/C9H10N2O3/c1-2-14-9(12)10-7-3-5-8(11-13)6-4-7/h3-6H,2H2,1H3,(H,10,12). The summed E-state index contributed by atoms with van der Waals surface area (Å²) in [6.07, 6.45) is -0.515. The van der Waals surface area contributed by atoms with E-state index < -0.39 is 6.09 Å². The first-order chi connectivity index (χ1) is 6.76. The fraction of sp³-hybridized carbons (Fsp3) is 0.222. The molecule has 1 aromatic rings. The molecule has 14 heavy (non-hydrogen) atoms. The van der Waals surface area contributed by atoms with Crippen molar-refractivity contribution in [3.8, 4) is 0 Å². The van der Waals surface area contributed by atoms with Crippen LogP contribution in [-0.2, 0) is 4.74 Å². The van der Waals surface area contributed by atoms with Gasteiger partial charge in [0, 0.05) is 5.69 Å². The minimum absolute atomic E-state index is 0.319. The van der Waals surface area contributed by atoms with E-state index in [1.54, 1.807) is 19.1 Å². The monoisotopic (exact) mass is 194 g/mol. The quantitative estimate of drug-likeness (QED) is 0.752. The third-order valence-electron chi connectivity index (χ3n) is 1.49. The molecule has 1 rings (SSSR count). The van der Waals surface area contributed by atoms with Gasteiger partial charge in [-0.1, -0.05) is 0 Å². The first kappa shape index (κ1) is 10.2. The maximum absolute atomic E-state index is 10.9. The molecule has 0 fully saturated rings. The van der Waals surface area contributed by atoms with Crippen molar-refractivity contribution < 1.29 is 9.53 Å². The summed E-state index contributed by atoms with van der Waals surface area (Å²) in [5.74, 6) is 0. The highest BCUT2D eigenvalue weighted by Crippen LogP contribution is 2.15. The van der Waals surface area contributed by atoms with Crippen LogP contribution < -0.4 is 5.32 Å². The summed E-state index contributed by atoms with van der Waals surface area (Å²) in [5.41, 5.74) is 0.884. The van der Waals surface area contributed by atoms with Crippen LogP contribution in [0.5, 0.6) is 0 Å². The number of anilines is 1. The van der Waals surface area contributed by atoms with Gasteiger partial charge in [-0.25, -0.2) is 4.79 Å². The Morgan fingerprint density at radius 3 is 2.57 bits per heavy atom. The summed E-state index contributed by atoms with van der Waals surface area (Å²) in [5, 5.41) is 5.22. The van der Waals surface area contributed by atoms with Crippen molar-refractivity contribution in [3.63, 3.8) is 0 Å². The summed E-state index contributed by atoms with van der Waals surface area (Å²) < 4.78 is 4.67. The fourth-order valence-electron chi connectivity index (χ4n) is 0.891. The number of amides is 1. The molecule has 0 unspecified atom stereocenters. The maximum Gasteiger partial charge on any atom is 0.411 e. The van der Waals surface area contributed by atoms with Gasteiger partial charge in [0.25, 0.3) is 0 Å². The number of nitroso groups, excluding NO2 is 1. The Morgan fingerprint density at radius 1 is 1.43 bits per heavy atom. The van der Waals surface area contributed by atoms with Gasteiger partial charge in [0.1, 0.15) is 5.69 Å². The van der Waals surface area contributed by atoms with Crippen molar-refractivity contribution in [2.24, 2.45) is 5.18 Å². The summed E-state index contributed by atoms with van der Waals surface area (Å²) >= 11 is 0. The number of carbonyl (C=O) groups excluding carboxylic acids is 1. The summed E-state index contributed by atoms with van der Waals surface area (Å²) in [6.45, 7) is 2.04. The lowest BCUT2D eigenvalue weighted by Crippen LogP contribution is -2.12. The fourth-order valence-corrected chi connectivity index (χ4v) is 0.891. The summed E-state index contributed by atoms with van der Waals surface area (Å²) in [7, 11) is 0. The highest BCUT2D eigenvalue weighted by molar-refractivity contribution is 5.84. The zero-order valence-corrected chi connectivity index (χ0v) is 7.69. The molecule has 0 radical (unpaired) electrons. The Morgan fingerprint density at radius 2 is 2.07 bits per heavy atom.